The van der Waals surface area contributed by atoms with Crippen LogP contribution in [-0.4, -0.2) is 12.3 Å². The van der Waals surface area contributed by atoms with Gasteiger partial charge in [0.1, 0.15) is 11.2 Å². The Bertz CT molecular complexity index is 3330. The van der Waals surface area contributed by atoms with Gasteiger partial charge in [0, 0.05) is 67.8 Å². The molecule has 12 rings (SSSR count). The molecule has 5 heteroatoms. The Labute approximate surface area is 392 Å². The predicted octanol–water partition coefficient (Wildman–Crippen LogP) is 14.9. The number of aryl methyl sites for hydroxylation is 3. The normalized spacial score (nSPS) is 19.8. The highest BCUT2D eigenvalue weighted by Crippen LogP contribution is 2.62. The average molecular weight is 864 g/mol. The molecule has 0 radical (unpaired) electrons. The van der Waals surface area contributed by atoms with Crippen LogP contribution in [0.15, 0.2) is 132 Å². The van der Waals surface area contributed by atoms with Crippen molar-refractivity contribution in [2.45, 2.75) is 124 Å². The fraction of sp³-hybridized carbons (Fsp3) is 0.311. The summed E-state index contributed by atoms with van der Waals surface area (Å²) in [5.74, 6) is 0. The van der Waals surface area contributed by atoms with Gasteiger partial charge in [-0.05, 0) is 168 Å². The number of fused-ring (bicyclic) bond motifs is 10. The molecular weight excluding hydrogens is 802 g/mol. The van der Waals surface area contributed by atoms with Crippen molar-refractivity contribution in [3.8, 4) is 0 Å². The molecule has 2 unspecified atom stereocenters. The molecule has 0 N–H and O–H groups in total. The molecule has 4 heterocycles. The van der Waals surface area contributed by atoms with E-state index in [1.807, 2.05) is 0 Å². The lowest BCUT2D eigenvalue weighted by atomic mass is 9.33. The fourth-order valence-electron chi connectivity index (χ4n) is 13.0. The highest BCUT2D eigenvalue weighted by atomic mass is 16.3. The van der Waals surface area contributed by atoms with Gasteiger partial charge in [-0.25, -0.2) is 0 Å². The number of hydrogen-bond donors (Lipinski definition) is 0. The summed E-state index contributed by atoms with van der Waals surface area (Å²) in [6, 6.07) is 49.2. The van der Waals surface area contributed by atoms with E-state index in [0.29, 0.717) is 0 Å². The van der Waals surface area contributed by atoms with E-state index in [0.717, 1.165) is 27.6 Å². The minimum Gasteiger partial charge on any atom is -0.456 e. The quantitative estimate of drug-likeness (QED) is 0.165. The third kappa shape index (κ3) is 5.77. The first-order chi connectivity index (χ1) is 31.4. The van der Waals surface area contributed by atoms with Crippen LogP contribution in [0.25, 0.3) is 21.9 Å². The summed E-state index contributed by atoms with van der Waals surface area (Å²) in [7, 11) is 0. The Hall–Kier alpha value is -6.20. The second-order valence-electron chi connectivity index (χ2n) is 22.8. The number of para-hydroxylation sites is 1. The molecule has 2 atom stereocenters. The van der Waals surface area contributed by atoms with Gasteiger partial charge in [-0.1, -0.05) is 116 Å². The summed E-state index contributed by atoms with van der Waals surface area (Å²) in [6.07, 6.45) is 4.89. The van der Waals surface area contributed by atoms with Crippen molar-refractivity contribution in [3.63, 3.8) is 0 Å². The van der Waals surface area contributed by atoms with E-state index in [9.17, 15) is 0 Å². The lowest BCUT2D eigenvalue weighted by Crippen LogP contribution is -2.61. The second-order valence-corrected chi connectivity index (χ2v) is 22.8. The van der Waals surface area contributed by atoms with Gasteiger partial charge in [0.05, 0.1) is 5.54 Å². The first-order valence-corrected chi connectivity index (χ1v) is 24.4. The van der Waals surface area contributed by atoms with Crippen LogP contribution in [0.4, 0.5) is 45.5 Å². The van der Waals surface area contributed by atoms with Crippen molar-refractivity contribution in [1.82, 2.24) is 0 Å². The monoisotopic (exact) mass is 863 g/mol. The molecule has 0 spiro atoms. The van der Waals surface area contributed by atoms with Gasteiger partial charge in [0.2, 0.25) is 0 Å². The first kappa shape index (κ1) is 41.3. The van der Waals surface area contributed by atoms with Crippen LogP contribution in [0.3, 0.4) is 0 Å². The maximum absolute atomic E-state index is 6.58. The molecule has 330 valence electrons. The fourth-order valence-corrected chi connectivity index (χ4v) is 13.0. The first-order valence-electron chi connectivity index (χ1n) is 24.4. The SMILES string of the molecule is Cc1cc2c3c(c1)N(c1ccc(C(C)(C)C)cc1)c1cc(N4c5cc(C)cc(C)c5C5(C)CCCCC45C)ccc1B3c1cc(C(C)(C)C)ccc1N2c1ccc2c(c1)oc1ccccc12. The van der Waals surface area contributed by atoms with E-state index >= 15 is 0 Å². The predicted molar refractivity (Wildman–Crippen MR) is 282 cm³/mol. The third-order valence-corrected chi connectivity index (χ3v) is 16.5. The van der Waals surface area contributed by atoms with Crippen molar-refractivity contribution < 1.29 is 4.42 Å². The minimum absolute atomic E-state index is 0.0131. The maximum Gasteiger partial charge on any atom is 0.252 e. The Balaban J connectivity index is 1.14. The molecule has 0 bridgehead atoms. The van der Waals surface area contributed by atoms with Gasteiger partial charge in [0.25, 0.3) is 6.71 Å². The van der Waals surface area contributed by atoms with Crippen molar-refractivity contribution in [2.75, 3.05) is 14.7 Å². The standard InChI is InChI=1S/C61H62BN3O/c1-37-30-39(3)56-51(31-37)65(61(11)29-15-14-28-60(56,61)10)44-24-26-47-50(35-44)63(42-21-18-40(19-22-42)58(4,5)6)52-32-38(2)33-53-57(52)62(47)48-34-41(59(7,8)9)20-27-49(48)64(53)43-23-25-46-45-16-12-13-17-54(45)66-55(46)36-43/h12-13,16-27,30-36H,14-15,28-29H2,1-11H3. The molecular formula is C61H62BN3O. The zero-order chi connectivity index (χ0) is 45.8. The molecule has 3 aliphatic heterocycles. The summed E-state index contributed by atoms with van der Waals surface area (Å²) >= 11 is 0. The molecule has 8 aromatic rings. The summed E-state index contributed by atoms with van der Waals surface area (Å²) in [4.78, 5) is 7.91. The van der Waals surface area contributed by atoms with Gasteiger partial charge in [-0.2, -0.15) is 0 Å². The van der Waals surface area contributed by atoms with Gasteiger partial charge in [-0.3, -0.25) is 0 Å². The third-order valence-electron chi connectivity index (χ3n) is 16.5. The van der Waals surface area contributed by atoms with Crippen LogP contribution in [0.1, 0.15) is 114 Å². The Kier molecular flexibility index (Phi) is 8.70. The Morgan fingerprint density at radius 2 is 1.14 bits per heavy atom. The minimum atomic E-state index is -0.0591. The van der Waals surface area contributed by atoms with E-state index in [2.05, 4.69) is 218 Å². The van der Waals surface area contributed by atoms with Crippen molar-refractivity contribution in [1.29, 1.82) is 0 Å². The van der Waals surface area contributed by atoms with Crippen LogP contribution < -0.4 is 31.1 Å². The summed E-state index contributed by atoms with van der Waals surface area (Å²) in [5, 5.41) is 2.29. The topological polar surface area (TPSA) is 22.9 Å². The molecule has 0 saturated heterocycles. The molecule has 0 amide bonds. The van der Waals surface area contributed by atoms with Crippen molar-refractivity contribution >= 4 is 90.5 Å². The molecule has 66 heavy (non-hydrogen) atoms. The number of furan rings is 1. The molecule has 4 aliphatic rings. The van der Waals surface area contributed by atoms with Gasteiger partial charge in [-0.15, -0.1) is 0 Å². The number of anilines is 8. The number of nitrogens with zero attached hydrogens (tertiary/aromatic N) is 3. The highest BCUT2D eigenvalue weighted by Gasteiger charge is 2.58. The Morgan fingerprint density at radius 3 is 1.88 bits per heavy atom. The van der Waals surface area contributed by atoms with E-state index in [-0.39, 0.29) is 28.5 Å². The largest absolute Gasteiger partial charge is 0.456 e. The smallest absolute Gasteiger partial charge is 0.252 e. The molecule has 1 saturated carbocycles. The van der Waals surface area contributed by atoms with E-state index in [1.165, 1.54) is 110 Å². The number of hydrogen-bond acceptors (Lipinski definition) is 4. The van der Waals surface area contributed by atoms with Gasteiger partial charge >= 0.3 is 0 Å². The second kappa shape index (κ2) is 13.9. The lowest BCUT2D eigenvalue weighted by molar-refractivity contribution is 0.194. The van der Waals surface area contributed by atoms with E-state index < -0.39 is 0 Å². The van der Waals surface area contributed by atoms with Crippen LogP contribution in [-0.2, 0) is 16.2 Å². The molecule has 1 fully saturated rings. The van der Waals surface area contributed by atoms with Crippen LogP contribution >= 0.6 is 0 Å². The lowest BCUT2D eigenvalue weighted by Gasteiger charge is -2.51. The summed E-state index contributed by atoms with van der Waals surface area (Å²) in [6.45, 7) is 26.0. The van der Waals surface area contributed by atoms with E-state index in [4.69, 9.17) is 4.42 Å². The summed E-state index contributed by atoms with van der Waals surface area (Å²) in [5.41, 5.74) is 23.9. The van der Waals surface area contributed by atoms with Crippen molar-refractivity contribution in [3.05, 3.63) is 161 Å². The molecule has 1 aromatic heterocycles. The molecule has 7 aromatic carbocycles. The van der Waals surface area contributed by atoms with Crippen LogP contribution in [0.5, 0.6) is 0 Å². The number of rotatable bonds is 3. The molecule has 4 nitrogen and oxygen atoms in total. The highest BCUT2D eigenvalue weighted by molar-refractivity contribution is 7.00. The van der Waals surface area contributed by atoms with Crippen LogP contribution in [0, 0.1) is 20.8 Å². The average Bonchev–Trinajstić information content (AvgIpc) is 3.74. The maximum atomic E-state index is 6.58. The summed E-state index contributed by atoms with van der Waals surface area (Å²) < 4.78 is 6.58. The van der Waals surface area contributed by atoms with Gasteiger partial charge < -0.3 is 19.1 Å². The Morgan fingerprint density at radius 1 is 0.515 bits per heavy atom. The molecule has 1 aliphatic carbocycles. The zero-order valence-electron chi connectivity index (χ0n) is 40.8. The van der Waals surface area contributed by atoms with Gasteiger partial charge in [0.15, 0.2) is 0 Å². The van der Waals surface area contributed by atoms with Crippen LogP contribution in [0.2, 0.25) is 0 Å². The number of benzene rings is 7. The van der Waals surface area contributed by atoms with Crippen molar-refractivity contribution in [2.24, 2.45) is 0 Å². The zero-order valence-corrected chi connectivity index (χ0v) is 40.8. The van der Waals surface area contributed by atoms with E-state index in [1.54, 1.807) is 5.56 Å².